The Kier molecular flexibility index (Phi) is 5.21. The van der Waals surface area contributed by atoms with Gasteiger partial charge in [-0.15, -0.1) is 0 Å². The first kappa shape index (κ1) is 17.0. The lowest BCUT2D eigenvalue weighted by Gasteiger charge is -2.26. The molecule has 5 nitrogen and oxygen atoms in total. The highest BCUT2D eigenvalue weighted by Gasteiger charge is 2.15. The van der Waals surface area contributed by atoms with Crippen LogP contribution in [0.2, 0.25) is 0 Å². The van der Waals surface area contributed by atoms with Crippen molar-refractivity contribution in [3.8, 4) is 0 Å². The summed E-state index contributed by atoms with van der Waals surface area (Å²) >= 11 is 0. The quantitative estimate of drug-likeness (QED) is 0.855. The molecular formula is C19H27N3O2. The number of carboxylic acid groups (broad SMARTS) is 1. The summed E-state index contributed by atoms with van der Waals surface area (Å²) < 4.78 is 2.23. The van der Waals surface area contributed by atoms with E-state index in [9.17, 15) is 9.90 Å². The van der Waals surface area contributed by atoms with Crippen LogP contribution in [0.5, 0.6) is 0 Å². The van der Waals surface area contributed by atoms with Crippen molar-refractivity contribution in [3.63, 3.8) is 0 Å². The van der Waals surface area contributed by atoms with E-state index in [1.165, 1.54) is 5.56 Å². The topological polar surface area (TPSA) is 57.5 Å². The molecule has 0 unspecified atom stereocenters. The summed E-state index contributed by atoms with van der Waals surface area (Å²) in [7, 11) is 0. The first-order chi connectivity index (χ1) is 11.6. The van der Waals surface area contributed by atoms with Gasteiger partial charge < -0.3 is 19.9 Å². The Morgan fingerprint density at radius 2 is 2.04 bits per heavy atom. The minimum absolute atomic E-state index is 0.416. The van der Waals surface area contributed by atoms with Crippen LogP contribution >= 0.6 is 0 Å². The third-order valence-corrected chi connectivity index (χ3v) is 5.01. The molecular weight excluding hydrogens is 302 g/mol. The van der Waals surface area contributed by atoms with Crippen LogP contribution in [0.1, 0.15) is 34.8 Å². The number of benzene rings is 1. The van der Waals surface area contributed by atoms with Gasteiger partial charge in [0.15, 0.2) is 0 Å². The van der Waals surface area contributed by atoms with E-state index in [1.807, 2.05) is 19.1 Å². The Morgan fingerprint density at radius 1 is 1.29 bits per heavy atom. The van der Waals surface area contributed by atoms with E-state index in [0.29, 0.717) is 5.56 Å². The van der Waals surface area contributed by atoms with Crippen LogP contribution in [0.15, 0.2) is 18.3 Å². The van der Waals surface area contributed by atoms with E-state index in [-0.39, 0.29) is 0 Å². The highest BCUT2D eigenvalue weighted by Crippen LogP contribution is 2.26. The van der Waals surface area contributed by atoms with Gasteiger partial charge in [-0.3, -0.25) is 0 Å². The summed E-state index contributed by atoms with van der Waals surface area (Å²) in [5, 5.41) is 13.9. The maximum atomic E-state index is 11.5. The summed E-state index contributed by atoms with van der Waals surface area (Å²) in [4.78, 5) is 14.0. The largest absolute Gasteiger partial charge is 0.478 e. The van der Waals surface area contributed by atoms with Crippen LogP contribution in [0.4, 0.5) is 0 Å². The number of carboxylic acids is 1. The normalized spacial score (nSPS) is 15.9. The molecule has 0 saturated carbocycles. The summed E-state index contributed by atoms with van der Waals surface area (Å²) in [6.07, 6.45) is 4.31. The van der Waals surface area contributed by atoms with Crippen molar-refractivity contribution in [2.45, 2.75) is 33.2 Å². The number of hydrogen-bond acceptors (Lipinski definition) is 3. The number of rotatable bonds is 6. The van der Waals surface area contributed by atoms with Crippen LogP contribution in [0.3, 0.4) is 0 Å². The second-order valence-electron chi connectivity index (χ2n) is 6.62. The van der Waals surface area contributed by atoms with Gasteiger partial charge in [-0.1, -0.05) is 0 Å². The number of aromatic nitrogens is 1. The van der Waals surface area contributed by atoms with Gasteiger partial charge >= 0.3 is 5.97 Å². The smallest absolute Gasteiger partial charge is 0.335 e. The Morgan fingerprint density at radius 3 is 2.71 bits per heavy atom. The van der Waals surface area contributed by atoms with Crippen molar-refractivity contribution in [2.24, 2.45) is 0 Å². The third kappa shape index (κ3) is 3.47. The van der Waals surface area contributed by atoms with E-state index < -0.39 is 5.97 Å². The van der Waals surface area contributed by atoms with Gasteiger partial charge in [-0.25, -0.2) is 4.79 Å². The maximum Gasteiger partial charge on any atom is 0.335 e. The standard InChI is InChI=1S/C19H27N3O2/c1-3-22-13-15(5-4-8-21-9-6-20-7-10-21)17-12-16(19(23)24)14(2)11-18(17)22/h11-13,20H,3-10H2,1-2H3,(H,23,24). The molecule has 1 aliphatic rings. The van der Waals surface area contributed by atoms with Crippen LogP contribution in [0.25, 0.3) is 10.9 Å². The van der Waals surface area contributed by atoms with Crippen LogP contribution in [0, 0.1) is 6.92 Å². The zero-order valence-corrected chi connectivity index (χ0v) is 14.6. The number of piperazine rings is 1. The lowest BCUT2D eigenvalue weighted by atomic mass is 10.0. The van der Waals surface area contributed by atoms with Crippen molar-refractivity contribution >= 4 is 16.9 Å². The molecule has 0 bridgehead atoms. The molecule has 24 heavy (non-hydrogen) atoms. The van der Waals surface area contributed by atoms with Gasteiger partial charge in [-0.05, 0) is 56.5 Å². The SMILES string of the molecule is CCn1cc(CCCN2CCNCC2)c2cc(C(=O)O)c(C)cc21. The van der Waals surface area contributed by atoms with Gasteiger partial charge in [0.2, 0.25) is 0 Å². The fraction of sp³-hybridized carbons (Fsp3) is 0.526. The Balaban J connectivity index is 1.81. The van der Waals surface area contributed by atoms with E-state index in [1.54, 1.807) is 0 Å². The zero-order chi connectivity index (χ0) is 17.1. The molecule has 3 rings (SSSR count). The summed E-state index contributed by atoms with van der Waals surface area (Å²) in [6, 6.07) is 3.88. The molecule has 2 N–H and O–H groups in total. The number of hydrogen-bond donors (Lipinski definition) is 2. The van der Waals surface area contributed by atoms with Crippen LogP contribution in [-0.4, -0.2) is 53.3 Å². The van der Waals surface area contributed by atoms with E-state index >= 15 is 0 Å². The average molecular weight is 329 g/mol. The Bertz CT molecular complexity index is 730. The minimum Gasteiger partial charge on any atom is -0.478 e. The van der Waals surface area contributed by atoms with Crippen molar-refractivity contribution < 1.29 is 9.90 Å². The molecule has 2 heterocycles. The second-order valence-corrected chi connectivity index (χ2v) is 6.62. The first-order valence-corrected chi connectivity index (χ1v) is 8.89. The second kappa shape index (κ2) is 7.36. The highest BCUT2D eigenvalue weighted by atomic mass is 16.4. The molecule has 1 aromatic heterocycles. The molecule has 1 aromatic carbocycles. The van der Waals surface area contributed by atoms with Gasteiger partial charge in [0.1, 0.15) is 0 Å². The number of nitrogens with one attached hydrogen (secondary N) is 1. The van der Waals surface area contributed by atoms with Crippen molar-refractivity contribution in [2.75, 3.05) is 32.7 Å². The lowest BCUT2D eigenvalue weighted by molar-refractivity contribution is 0.0696. The minimum atomic E-state index is -0.842. The number of aromatic carboxylic acids is 1. The van der Waals surface area contributed by atoms with E-state index in [0.717, 1.165) is 68.6 Å². The fourth-order valence-electron chi connectivity index (χ4n) is 3.63. The predicted molar refractivity (Wildman–Crippen MR) is 96.9 cm³/mol. The lowest BCUT2D eigenvalue weighted by Crippen LogP contribution is -2.43. The Hall–Kier alpha value is -1.85. The monoisotopic (exact) mass is 329 g/mol. The van der Waals surface area contributed by atoms with Gasteiger partial charge in [0.25, 0.3) is 0 Å². The molecule has 5 heteroatoms. The molecule has 0 spiro atoms. The summed E-state index contributed by atoms with van der Waals surface area (Å²) in [5.74, 6) is -0.842. The molecule has 0 aliphatic carbocycles. The Labute approximate surface area is 143 Å². The number of aryl methyl sites for hydroxylation is 3. The number of carbonyl (C=O) groups is 1. The molecule has 0 radical (unpaired) electrons. The maximum absolute atomic E-state index is 11.5. The summed E-state index contributed by atoms with van der Waals surface area (Å²) in [6.45, 7) is 10.4. The van der Waals surface area contributed by atoms with E-state index in [2.05, 4.69) is 27.9 Å². The molecule has 0 amide bonds. The molecule has 1 aliphatic heterocycles. The van der Waals surface area contributed by atoms with E-state index in [4.69, 9.17) is 0 Å². The fourth-order valence-corrected chi connectivity index (χ4v) is 3.63. The predicted octanol–water partition coefficient (Wildman–Crippen LogP) is 2.51. The molecule has 1 fully saturated rings. The molecule has 130 valence electrons. The zero-order valence-electron chi connectivity index (χ0n) is 14.6. The van der Waals surface area contributed by atoms with Crippen molar-refractivity contribution in [3.05, 3.63) is 35.0 Å². The van der Waals surface area contributed by atoms with Crippen LogP contribution < -0.4 is 5.32 Å². The van der Waals surface area contributed by atoms with Crippen molar-refractivity contribution in [1.82, 2.24) is 14.8 Å². The summed E-state index contributed by atoms with van der Waals surface area (Å²) in [5.41, 5.74) is 3.66. The van der Waals surface area contributed by atoms with Crippen molar-refractivity contribution in [1.29, 1.82) is 0 Å². The molecule has 1 saturated heterocycles. The average Bonchev–Trinajstić information content (AvgIpc) is 2.92. The third-order valence-electron chi connectivity index (χ3n) is 5.01. The van der Waals surface area contributed by atoms with Crippen LogP contribution in [-0.2, 0) is 13.0 Å². The van der Waals surface area contributed by atoms with Gasteiger partial charge in [-0.2, -0.15) is 0 Å². The highest BCUT2D eigenvalue weighted by molar-refractivity contribution is 5.96. The number of fused-ring (bicyclic) bond motifs is 1. The molecule has 2 aromatic rings. The number of nitrogens with zero attached hydrogens (tertiary/aromatic N) is 2. The van der Waals surface area contributed by atoms with Gasteiger partial charge in [0, 0.05) is 49.8 Å². The van der Waals surface area contributed by atoms with Gasteiger partial charge in [0.05, 0.1) is 5.56 Å². The molecule has 0 atom stereocenters. The first-order valence-electron chi connectivity index (χ1n) is 8.89.